The number of rotatable bonds is 3. The van der Waals surface area contributed by atoms with Crippen molar-refractivity contribution in [3.05, 3.63) is 52.1 Å². The Kier molecular flexibility index (Phi) is 3.93. The normalized spacial score (nSPS) is 10.1. The zero-order valence-electron chi connectivity index (χ0n) is 9.77. The number of pyridine rings is 1. The van der Waals surface area contributed by atoms with E-state index in [9.17, 15) is 0 Å². The van der Waals surface area contributed by atoms with E-state index < -0.39 is 0 Å². The van der Waals surface area contributed by atoms with Crippen LogP contribution >= 0.6 is 28.1 Å². The molecule has 0 aliphatic carbocycles. The topological polar surface area (TPSA) is 50.9 Å². The Morgan fingerprint density at radius 1 is 1.39 bits per heavy atom. The first-order valence-corrected chi connectivity index (χ1v) is 6.56. The summed E-state index contributed by atoms with van der Waals surface area (Å²) in [6.45, 7) is 2.03. The molecule has 18 heavy (non-hydrogen) atoms. The highest BCUT2D eigenvalue weighted by atomic mass is 79.9. The number of hydrogen-bond donors (Lipinski definition) is 2. The second-order valence-corrected chi connectivity index (χ2v) is 5.20. The van der Waals surface area contributed by atoms with E-state index in [2.05, 4.69) is 26.2 Å². The van der Waals surface area contributed by atoms with Gasteiger partial charge in [-0.3, -0.25) is 0 Å². The van der Waals surface area contributed by atoms with Gasteiger partial charge in [-0.15, -0.1) is 0 Å². The largest absolute Gasteiger partial charge is 0.389 e. The number of aromatic nitrogens is 1. The highest BCUT2D eigenvalue weighted by Gasteiger charge is 2.07. The SMILES string of the molecule is Cc1ccc(Br)cc1Nc1ncccc1C(N)=S. The molecule has 0 unspecified atom stereocenters. The highest BCUT2D eigenvalue weighted by molar-refractivity contribution is 9.10. The maximum Gasteiger partial charge on any atom is 0.140 e. The zero-order valence-corrected chi connectivity index (χ0v) is 12.2. The lowest BCUT2D eigenvalue weighted by Gasteiger charge is -2.12. The van der Waals surface area contributed by atoms with Crippen LogP contribution in [0.4, 0.5) is 11.5 Å². The average Bonchev–Trinajstić information content (AvgIpc) is 2.34. The van der Waals surface area contributed by atoms with E-state index >= 15 is 0 Å². The van der Waals surface area contributed by atoms with Crippen molar-refractivity contribution in [2.45, 2.75) is 6.92 Å². The predicted octanol–water partition coefficient (Wildman–Crippen LogP) is 3.53. The van der Waals surface area contributed by atoms with Crippen molar-refractivity contribution in [2.75, 3.05) is 5.32 Å². The van der Waals surface area contributed by atoms with Gasteiger partial charge in [0.2, 0.25) is 0 Å². The monoisotopic (exact) mass is 321 g/mol. The van der Waals surface area contributed by atoms with Gasteiger partial charge >= 0.3 is 0 Å². The third kappa shape index (κ3) is 2.86. The molecule has 0 saturated carbocycles. The summed E-state index contributed by atoms with van der Waals surface area (Å²) in [5.74, 6) is 0.672. The number of nitrogens with one attached hydrogen (secondary N) is 1. The molecular weight excluding hydrogens is 310 g/mol. The minimum atomic E-state index is 0.332. The molecule has 2 aromatic rings. The van der Waals surface area contributed by atoms with Crippen molar-refractivity contribution in [3.8, 4) is 0 Å². The lowest BCUT2D eigenvalue weighted by molar-refractivity contribution is 1.28. The molecule has 0 bridgehead atoms. The maximum atomic E-state index is 5.68. The van der Waals surface area contributed by atoms with Crippen LogP contribution in [0.15, 0.2) is 41.0 Å². The summed E-state index contributed by atoms with van der Waals surface area (Å²) in [5.41, 5.74) is 8.52. The molecule has 1 heterocycles. The number of aryl methyl sites for hydroxylation is 1. The van der Waals surface area contributed by atoms with E-state index in [1.54, 1.807) is 6.20 Å². The first-order chi connectivity index (χ1) is 8.58. The molecule has 0 saturated heterocycles. The van der Waals surface area contributed by atoms with Gasteiger partial charge in [0, 0.05) is 16.4 Å². The molecule has 0 aliphatic heterocycles. The predicted molar refractivity (Wildman–Crippen MR) is 82.3 cm³/mol. The molecule has 5 heteroatoms. The number of nitrogens with two attached hydrogens (primary N) is 1. The molecule has 1 aromatic heterocycles. The van der Waals surface area contributed by atoms with Gasteiger partial charge in [-0.25, -0.2) is 4.98 Å². The lowest BCUT2D eigenvalue weighted by atomic mass is 10.2. The second kappa shape index (κ2) is 5.46. The van der Waals surface area contributed by atoms with Crippen LogP contribution in [0.1, 0.15) is 11.1 Å². The van der Waals surface area contributed by atoms with Crippen molar-refractivity contribution < 1.29 is 0 Å². The van der Waals surface area contributed by atoms with Crippen molar-refractivity contribution in [2.24, 2.45) is 5.73 Å². The van der Waals surface area contributed by atoms with Crippen LogP contribution in [-0.4, -0.2) is 9.97 Å². The molecule has 3 N–H and O–H groups in total. The molecule has 0 spiro atoms. The average molecular weight is 322 g/mol. The molecule has 2 rings (SSSR count). The Labute approximate surface area is 120 Å². The van der Waals surface area contributed by atoms with Gasteiger partial charge in [0.1, 0.15) is 10.8 Å². The Morgan fingerprint density at radius 3 is 2.89 bits per heavy atom. The maximum absolute atomic E-state index is 5.68. The molecule has 0 atom stereocenters. The van der Waals surface area contributed by atoms with Gasteiger partial charge in [-0.05, 0) is 36.8 Å². The Morgan fingerprint density at radius 2 is 2.17 bits per heavy atom. The molecule has 1 aromatic carbocycles. The molecule has 3 nitrogen and oxygen atoms in total. The van der Waals surface area contributed by atoms with Crippen LogP contribution in [0.3, 0.4) is 0 Å². The quantitative estimate of drug-likeness (QED) is 0.849. The number of benzene rings is 1. The number of anilines is 2. The molecule has 0 radical (unpaired) electrons. The zero-order chi connectivity index (χ0) is 13.1. The second-order valence-electron chi connectivity index (χ2n) is 3.85. The molecule has 0 amide bonds. The van der Waals surface area contributed by atoms with Gasteiger partial charge in [-0.1, -0.05) is 34.2 Å². The summed E-state index contributed by atoms with van der Waals surface area (Å²) in [6, 6.07) is 9.68. The van der Waals surface area contributed by atoms with Crippen molar-refractivity contribution >= 4 is 44.6 Å². The van der Waals surface area contributed by atoms with E-state index in [0.717, 1.165) is 21.3 Å². The summed E-state index contributed by atoms with van der Waals surface area (Å²) in [4.78, 5) is 4.60. The minimum Gasteiger partial charge on any atom is -0.389 e. The number of halogens is 1. The highest BCUT2D eigenvalue weighted by Crippen LogP contribution is 2.25. The van der Waals surface area contributed by atoms with Gasteiger partial charge < -0.3 is 11.1 Å². The third-order valence-electron chi connectivity index (χ3n) is 2.53. The van der Waals surface area contributed by atoms with Crippen LogP contribution in [-0.2, 0) is 0 Å². The van der Waals surface area contributed by atoms with Gasteiger partial charge in [0.15, 0.2) is 0 Å². The van der Waals surface area contributed by atoms with E-state index in [4.69, 9.17) is 18.0 Å². The lowest BCUT2D eigenvalue weighted by Crippen LogP contribution is -2.13. The minimum absolute atomic E-state index is 0.332. The Bertz CT molecular complexity index is 599. The number of thiocarbonyl (C=S) groups is 1. The van der Waals surface area contributed by atoms with Gasteiger partial charge in [0.25, 0.3) is 0 Å². The van der Waals surface area contributed by atoms with Crippen molar-refractivity contribution in [1.29, 1.82) is 0 Å². The molecule has 0 aliphatic rings. The van der Waals surface area contributed by atoms with Gasteiger partial charge in [-0.2, -0.15) is 0 Å². The van der Waals surface area contributed by atoms with Crippen LogP contribution in [0, 0.1) is 6.92 Å². The summed E-state index contributed by atoms with van der Waals surface area (Å²) in [6.07, 6.45) is 1.71. The Balaban J connectivity index is 2.40. The van der Waals surface area contributed by atoms with Crippen molar-refractivity contribution in [3.63, 3.8) is 0 Å². The van der Waals surface area contributed by atoms with Gasteiger partial charge in [0.05, 0.1) is 5.56 Å². The fraction of sp³-hybridized carbons (Fsp3) is 0.0769. The van der Waals surface area contributed by atoms with E-state index in [-0.39, 0.29) is 0 Å². The summed E-state index contributed by atoms with van der Waals surface area (Å²) >= 11 is 8.46. The third-order valence-corrected chi connectivity index (χ3v) is 3.24. The first-order valence-electron chi connectivity index (χ1n) is 5.36. The standard InChI is InChI=1S/C13H12BrN3S/c1-8-4-5-9(14)7-11(8)17-13-10(12(15)18)3-2-6-16-13/h2-7H,1H3,(H2,15,18)(H,16,17). The van der Waals surface area contributed by atoms with E-state index in [1.165, 1.54) is 0 Å². The summed E-state index contributed by atoms with van der Waals surface area (Å²) in [7, 11) is 0. The number of nitrogens with zero attached hydrogens (tertiary/aromatic N) is 1. The Hall–Kier alpha value is -1.46. The van der Waals surface area contributed by atoms with Crippen LogP contribution in [0.2, 0.25) is 0 Å². The molecule has 92 valence electrons. The van der Waals surface area contributed by atoms with Crippen LogP contribution in [0.5, 0.6) is 0 Å². The first kappa shape index (κ1) is 13.0. The van der Waals surface area contributed by atoms with Crippen LogP contribution in [0.25, 0.3) is 0 Å². The van der Waals surface area contributed by atoms with Crippen LogP contribution < -0.4 is 11.1 Å². The summed E-state index contributed by atoms with van der Waals surface area (Å²) in [5, 5.41) is 3.25. The van der Waals surface area contributed by atoms with Crippen molar-refractivity contribution in [1.82, 2.24) is 4.98 Å². The smallest absolute Gasteiger partial charge is 0.140 e. The fourth-order valence-corrected chi connectivity index (χ4v) is 2.09. The molecular formula is C13H12BrN3S. The van der Waals surface area contributed by atoms with E-state index in [1.807, 2.05) is 37.3 Å². The number of hydrogen-bond acceptors (Lipinski definition) is 3. The summed E-state index contributed by atoms with van der Waals surface area (Å²) < 4.78 is 1.00. The fourth-order valence-electron chi connectivity index (χ4n) is 1.56. The molecule has 0 fully saturated rings. The van der Waals surface area contributed by atoms with E-state index in [0.29, 0.717) is 10.8 Å².